The summed E-state index contributed by atoms with van der Waals surface area (Å²) in [7, 11) is 0. The highest BCUT2D eigenvalue weighted by molar-refractivity contribution is 7.98. The Morgan fingerprint density at radius 3 is 2.53 bits per heavy atom. The van der Waals surface area contributed by atoms with Gasteiger partial charge in [0.25, 0.3) is 0 Å². The molecule has 1 heterocycles. The highest BCUT2D eigenvalue weighted by Crippen LogP contribution is 2.27. The zero-order valence-electron chi connectivity index (χ0n) is 9.34. The summed E-state index contributed by atoms with van der Waals surface area (Å²) in [6.45, 7) is 0. The van der Waals surface area contributed by atoms with Gasteiger partial charge in [-0.2, -0.15) is 5.26 Å². The van der Waals surface area contributed by atoms with Crippen molar-refractivity contribution in [2.45, 2.75) is 4.90 Å². The van der Waals surface area contributed by atoms with Gasteiger partial charge in [-0.1, -0.05) is 12.1 Å². The van der Waals surface area contributed by atoms with Gasteiger partial charge in [-0.15, -0.1) is 11.8 Å². The van der Waals surface area contributed by atoms with Crippen molar-refractivity contribution in [1.82, 2.24) is 4.98 Å². The number of rotatable bonds is 2. The molecule has 1 aromatic heterocycles. The topological polar surface area (TPSA) is 62.7 Å². The Morgan fingerprint density at radius 1 is 1.24 bits per heavy atom. The second kappa shape index (κ2) is 4.89. The third-order valence-electron chi connectivity index (χ3n) is 2.49. The summed E-state index contributed by atoms with van der Waals surface area (Å²) in [5.74, 6) is 0.277. The van der Waals surface area contributed by atoms with E-state index in [9.17, 15) is 0 Å². The lowest BCUT2D eigenvalue weighted by Crippen LogP contribution is -1.96. The molecule has 3 nitrogen and oxygen atoms in total. The molecular formula is C13H11N3S. The van der Waals surface area contributed by atoms with Gasteiger partial charge in [-0.3, -0.25) is 0 Å². The summed E-state index contributed by atoms with van der Waals surface area (Å²) in [5.41, 5.74) is 7.93. The van der Waals surface area contributed by atoms with E-state index in [-0.39, 0.29) is 5.82 Å². The minimum atomic E-state index is 0.277. The maximum absolute atomic E-state index is 9.09. The van der Waals surface area contributed by atoms with E-state index in [1.54, 1.807) is 18.0 Å². The highest BCUT2D eigenvalue weighted by atomic mass is 32.2. The molecule has 0 aliphatic heterocycles. The van der Waals surface area contributed by atoms with Crippen molar-refractivity contribution in [3.05, 3.63) is 42.1 Å². The first-order chi connectivity index (χ1) is 8.26. The van der Waals surface area contributed by atoms with Crippen molar-refractivity contribution < 1.29 is 0 Å². The van der Waals surface area contributed by atoms with E-state index in [4.69, 9.17) is 11.0 Å². The zero-order chi connectivity index (χ0) is 12.3. The molecule has 0 aliphatic carbocycles. The average molecular weight is 241 g/mol. The van der Waals surface area contributed by atoms with Crippen LogP contribution in [0.2, 0.25) is 0 Å². The number of nitrogen functional groups attached to an aromatic ring is 1. The van der Waals surface area contributed by atoms with Crippen LogP contribution in [-0.2, 0) is 0 Å². The number of pyridine rings is 1. The Morgan fingerprint density at radius 2 is 1.94 bits per heavy atom. The number of thioether (sulfide) groups is 1. The largest absolute Gasteiger partial charge is 0.383 e. The third-order valence-corrected chi connectivity index (χ3v) is 3.24. The monoisotopic (exact) mass is 241 g/mol. The summed E-state index contributed by atoms with van der Waals surface area (Å²) >= 11 is 1.68. The van der Waals surface area contributed by atoms with Crippen molar-refractivity contribution in [2.75, 3.05) is 12.0 Å². The van der Waals surface area contributed by atoms with Crippen molar-refractivity contribution in [3.63, 3.8) is 0 Å². The number of benzene rings is 1. The minimum Gasteiger partial charge on any atom is -0.383 e. The predicted octanol–water partition coefficient (Wildman–Crippen LogP) is 2.92. The minimum absolute atomic E-state index is 0.277. The SMILES string of the molecule is CSc1ccc(-c2ccnc(N)c2C#N)cc1. The van der Waals surface area contributed by atoms with E-state index in [0.29, 0.717) is 5.56 Å². The van der Waals surface area contributed by atoms with Crippen LogP contribution in [0.25, 0.3) is 11.1 Å². The molecule has 0 atom stereocenters. The molecule has 4 heteroatoms. The van der Waals surface area contributed by atoms with Crippen LogP contribution in [-0.4, -0.2) is 11.2 Å². The van der Waals surface area contributed by atoms with Gasteiger partial charge in [0.2, 0.25) is 0 Å². The number of nitrogens with two attached hydrogens (primary N) is 1. The second-order valence-electron chi connectivity index (χ2n) is 3.46. The summed E-state index contributed by atoms with van der Waals surface area (Å²) in [5, 5.41) is 9.09. The number of hydrogen-bond donors (Lipinski definition) is 1. The van der Waals surface area contributed by atoms with Crippen LogP contribution in [0.5, 0.6) is 0 Å². The number of hydrogen-bond acceptors (Lipinski definition) is 4. The fraction of sp³-hybridized carbons (Fsp3) is 0.0769. The Balaban J connectivity index is 2.53. The first-order valence-electron chi connectivity index (χ1n) is 5.05. The zero-order valence-corrected chi connectivity index (χ0v) is 10.2. The van der Waals surface area contributed by atoms with Crippen molar-refractivity contribution in [1.29, 1.82) is 5.26 Å². The number of anilines is 1. The summed E-state index contributed by atoms with van der Waals surface area (Å²) in [6, 6.07) is 11.9. The fourth-order valence-electron chi connectivity index (χ4n) is 1.61. The molecule has 0 saturated carbocycles. The van der Waals surface area contributed by atoms with Crippen LogP contribution in [0.4, 0.5) is 5.82 Å². The van der Waals surface area contributed by atoms with Gasteiger partial charge >= 0.3 is 0 Å². The summed E-state index contributed by atoms with van der Waals surface area (Å²) in [6.07, 6.45) is 3.65. The molecule has 84 valence electrons. The predicted molar refractivity (Wildman–Crippen MR) is 70.6 cm³/mol. The Bertz CT molecular complexity index is 570. The van der Waals surface area contributed by atoms with E-state index >= 15 is 0 Å². The van der Waals surface area contributed by atoms with Crippen LogP contribution in [0.15, 0.2) is 41.4 Å². The molecule has 1 aromatic carbocycles. The average Bonchev–Trinajstić information content (AvgIpc) is 2.38. The molecule has 0 unspecified atom stereocenters. The van der Waals surface area contributed by atoms with Crippen LogP contribution < -0.4 is 5.73 Å². The van der Waals surface area contributed by atoms with Gasteiger partial charge in [0.1, 0.15) is 17.5 Å². The van der Waals surface area contributed by atoms with E-state index < -0.39 is 0 Å². The maximum Gasteiger partial charge on any atom is 0.141 e. The molecule has 2 aromatic rings. The van der Waals surface area contributed by atoms with E-state index in [0.717, 1.165) is 11.1 Å². The number of nitriles is 1. The van der Waals surface area contributed by atoms with E-state index in [2.05, 4.69) is 11.1 Å². The quantitative estimate of drug-likeness (QED) is 0.821. The normalized spacial score (nSPS) is 9.88. The van der Waals surface area contributed by atoms with Crippen LogP contribution in [0, 0.1) is 11.3 Å². The summed E-state index contributed by atoms with van der Waals surface area (Å²) in [4.78, 5) is 5.11. The lowest BCUT2D eigenvalue weighted by atomic mass is 10.0. The second-order valence-corrected chi connectivity index (χ2v) is 4.34. The van der Waals surface area contributed by atoms with Crippen LogP contribution in [0.3, 0.4) is 0 Å². The standard InChI is InChI=1S/C13H11N3S/c1-17-10-4-2-9(3-5-10)11-6-7-16-13(15)12(11)8-14/h2-7H,1H3,(H2,15,16). The molecule has 0 aliphatic rings. The first kappa shape index (κ1) is 11.5. The van der Waals surface area contributed by atoms with Gasteiger partial charge in [-0.05, 0) is 30.0 Å². The molecule has 0 amide bonds. The van der Waals surface area contributed by atoms with E-state index in [1.165, 1.54) is 4.90 Å². The first-order valence-corrected chi connectivity index (χ1v) is 6.27. The summed E-state index contributed by atoms with van der Waals surface area (Å²) < 4.78 is 0. The molecule has 0 radical (unpaired) electrons. The van der Waals surface area contributed by atoms with Gasteiger partial charge in [-0.25, -0.2) is 4.98 Å². The molecule has 0 spiro atoms. The highest BCUT2D eigenvalue weighted by Gasteiger charge is 2.08. The lowest BCUT2D eigenvalue weighted by molar-refractivity contribution is 1.31. The van der Waals surface area contributed by atoms with Crippen LogP contribution >= 0.6 is 11.8 Å². The van der Waals surface area contributed by atoms with Gasteiger partial charge in [0.15, 0.2) is 0 Å². The van der Waals surface area contributed by atoms with Crippen molar-refractivity contribution in [2.24, 2.45) is 0 Å². The van der Waals surface area contributed by atoms with Crippen LogP contribution in [0.1, 0.15) is 5.56 Å². The molecule has 2 rings (SSSR count). The maximum atomic E-state index is 9.09. The third kappa shape index (κ3) is 2.24. The van der Waals surface area contributed by atoms with Crippen molar-refractivity contribution in [3.8, 4) is 17.2 Å². The molecule has 0 saturated heterocycles. The van der Waals surface area contributed by atoms with E-state index in [1.807, 2.05) is 36.6 Å². The molecule has 17 heavy (non-hydrogen) atoms. The molecular weight excluding hydrogens is 230 g/mol. The number of nitrogens with zero attached hydrogens (tertiary/aromatic N) is 2. The Hall–Kier alpha value is -1.99. The van der Waals surface area contributed by atoms with Gasteiger partial charge < -0.3 is 5.73 Å². The molecule has 0 bridgehead atoms. The smallest absolute Gasteiger partial charge is 0.141 e. The Kier molecular flexibility index (Phi) is 3.31. The lowest BCUT2D eigenvalue weighted by Gasteiger charge is -2.06. The molecule has 2 N–H and O–H groups in total. The molecule has 0 fully saturated rings. The fourth-order valence-corrected chi connectivity index (χ4v) is 2.01. The van der Waals surface area contributed by atoms with Crippen molar-refractivity contribution >= 4 is 17.6 Å². The Labute approximate surface area is 104 Å². The van der Waals surface area contributed by atoms with Gasteiger partial charge in [0, 0.05) is 16.7 Å². The number of aromatic nitrogens is 1. The van der Waals surface area contributed by atoms with Gasteiger partial charge in [0.05, 0.1) is 0 Å².